The third kappa shape index (κ3) is 3.46. The third-order valence-electron chi connectivity index (χ3n) is 4.69. The minimum absolute atomic E-state index is 0.271. The Morgan fingerprint density at radius 1 is 1.27 bits per heavy atom. The number of alkyl halides is 3. The van der Waals surface area contributed by atoms with Crippen LogP contribution in [0.5, 0.6) is 0 Å². The number of rotatable bonds is 4. The second-order valence-corrected chi connectivity index (χ2v) is 6.87. The summed E-state index contributed by atoms with van der Waals surface area (Å²) in [7, 11) is 1.97. The number of fused-ring (bicyclic) bond motifs is 2. The fraction of sp³-hybridized carbons (Fsp3) is 0.444. The topological polar surface area (TPSA) is 47.1 Å². The molecule has 0 saturated carbocycles. The molecule has 0 unspecified atom stereocenters. The van der Waals surface area contributed by atoms with Gasteiger partial charge >= 0.3 is 6.18 Å². The van der Waals surface area contributed by atoms with Gasteiger partial charge < -0.3 is 8.98 Å². The minimum atomic E-state index is -4.39. The van der Waals surface area contributed by atoms with Gasteiger partial charge in [0, 0.05) is 25.7 Å². The van der Waals surface area contributed by atoms with Crippen molar-refractivity contribution in [1.29, 1.82) is 0 Å². The van der Waals surface area contributed by atoms with Crippen molar-refractivity contribution < 1.29 is 17.6 Å². The van der Waals surface area contributed by atoms with Crippen LogP contribution in [0.1, 0.15) is 23.8 Å². The van der Waals surface area contributed by atoms with Crippen LogP contribution in [0.15, 0.2) is 34.9 Å². The average molecular weight is 364 g/mol. The van der Waals surface area contributed by atoms with Crippen molar-refractivity contribution in [3.8, 4) is 0 Å². The van der Waals surface area contributed by atoms with Gasteiger partial charge in [0.15, 0.2) is 11.3 Å². The first-order chi connectivity index (χ1) is 12.4. The monoisotopic (exact) mass is 364 g/mol. The fourth-order valence-electron chi connectivity index (χ4n) is 3.52. The highest BCUT2D eigenvalue weighted by atomic mass is 19.4. The summed E-state index contributed by atoms with van der Waals surface area (Å²) in [5.74, 6) is 1.44. The van der Waals surface area contributed by atoms with Gasteiger partial charge in [0.1, 0.15) is 11.3 Å². The van der Waals surface area contributed by atoms with Crippen LogP contribution in [0, 0.1) is 5.92 Å². The summed E-state index contributed by atoms with van der Waals surface area (Å²) < 4.78 is 45.8. The van der Waals surface area contributed by atoms with Gasteiger partial charge in [-0.2, -0.15) is 13.2 Å². The zero-order chi connectivity index (χ0) is 18.3. The van der Waals surface area contributed by atoms with Crippen molar-refractivity contribution in [2.75, 3.05) is 13.6 Å². The third-order valence-corrected chi connectivity index (χ3v) is 4.69. The summed E-state index contributed by atoms with van der Waals surface area (Å²) in [5, 5.41) is 0. The van der Waals surface area contributed by atoms with E-state index in [4.69, 9.17) is 4.42 Å². The molecule has 5 nitrogen and oxygen atoms in total. The molecule has 0 bridgehead atoms. The van der Waals surface area contributed by atoms with Gasteiger partial charge in [-0.15, -0.1) is 0 Å². The van der Waals surface area contributed by atoms with Gasteiger partial charge in [-0.3, -0.25) is 4.90 Å². The molecule has 138 valence electrons. The summed E-state index contributed by atoms with van der Waals surface area (Å²) in [6.45, 7) is 1.88. The molecule has 0 radical (unpaired) electrons. The number of aromatic nitrogens is 3. The first kappa shape index (κ1) is 17.1. The van der Waals surface area contributed by atoms with Gasteiger partial charge in [0.25, 0.3) is 0 Å². The lowest BCUT2D eigenvalue weighted by molar-refractivity contribution is -0.141. The molecule has 1 aliphatic heterocycles. The molecule has 1 aliphatic rings. The number of hydrogen-bond donors (Lipinski definition) is 0. The van der Waals surface area contributed by atoms with Crippen molar-refractivity contribution >= 4 is 11.1 Å². The van der Waals surface area contributed by atoms with E-state index in [1.807, 2.05) is 31.3 Å². The second-order valence-electron chi connectivity index (χ2n) is 6.87. The van der Waals surface area contributed by atoms with Crippen molar-refractivity contribution in [3.63, 3.8) is 0 Å². The van der Waals surface area contributed by atoms with Crippen LogP contribution in [0.25, 0.3) is 11.1 Å². The number of aryl methyl sites for hydroxylation is 1. The quantitative estimate of drug-likeness (QED) is 0.708. The number of nitrogens with zero attached hydrogens (tertiary/aromatic N) is 4. The van der Waals surface area contributed by atoms with Gasteiger partial charge in [0.2, 0.25) is 5.89 Å². The second kappa shape index (κ2) is 6.42. The first-order valence-corrected chi connectivity index (χ1v) is 8.55. The maximum absolute atomic E-state index is 12.8. The normalized spacial score (nSPS) is 17.8. The van der Waals surface area contributed by atoms with E-state index in [2.05, 4.69) is 14.9 Å². The molecule has 3 aromatic rings. The predicted octanol–water partition coefficient (Wildman–Crippen LogP) is 3.74. The van der Waals surface area contributed by atoms with Crippen LogP contribution in [0.2, 0.25) is 0 Å². The predicted molar refractivity (Wildman–Crippen MR) is 89.4 cm³/mol. The van der Waals surface area contributed by atoms with Crippen LogP contribution >= 0.6 is 0 Å². The molecule has 0 N–H and O–H groups in total. The van der Waals surface area contributed by atoms with Gasteiger partial charge in [0.05, 0.1) is 6.54 Å². The maximum atomic E-state index is 12.8. The first-order valence-electron chi connectivity index (χ1n) is 8.55. The Labute approximate surface area is 148 Å². The van der Waals surface area contributed by atoms with E-state index in [1.54, 1.807) is 4.57 Å². The SMILES string of the molecule is CN(Cc1nc2ccccc2o1)C[C@H]1CCc2nc(C(F)(F)F)cn2C1. The largest absolute Gasteiger partial charge is 0.439 e. The summed E-state index contributed by atoms with van der Waals surface area (Å²) in [6.07, 6.45) is -1.87. The van der Waals surface area contributed by atoms with E-state index < -0.39 is 11.9 Å². The number of hydrogen-bond acceptors (Lipinski definition) is 4. The van der Waals surface area contributed by atoms with Crippen LogP contribution < -0.4 is 0 Å². The summed E-state index contributed by atoms with van der Waals surface area (Å²) in [6, 6.07) is 7.60. The van der Waals surface area contributed by atoms with Crippen molar-refractivity contribution in [1.82, 2.24) is 19.4 Å². The molecule has 26 heavy (non-hydrogen) atoms. The number of oxazole rings is 1. The number of benzene rings is 1. The van der Waals surface area contributed by atoms with Crippen LogP contribution in [0.3, 0.4) is 0 Å². The Kier molecular flexibility index (Phi) is 4.22. The highest BCUT2D eigenvalue weighted by molar-refractivity contribution is 5.72. The average Bonchev–Trinajstić information content (AvgIpc) is 3.16. The lowest BCUT2D eigenvalue weighted by Gasteiger charge is -2.27. The molecule has 1 aromatic carbocycles. The number of imidazole rings is 1. The van der Waals surface area contributed by atoms with Crippen LogP contribution in [-0.4, -0.2) is 33.0 Å². The number of halogens is 3. The Hall–Kier alpha value is -2.35. The highest BCUT2D eigenvalue weighted by Crippen LogP contribution is 2.31. The van der Waals surface area contributed by atoms with Crippen LogP contribution in [0.4, 0.5) is 13.2 Å². The molecule has 0 spiro atoms. The lowest BCUT2D eigenvalue weighted by atomic mass is 9.99. The molecule has 0 amide bonds. The molecular formula is C18H19F3N4O. The summed E-state index contributed by atoms with van der Waals surface area (Å²) in [4.78, 5) is 10.3. The van der Waals surface area contributed by atoms with E-state index in [-0.39, 0.29) is 5.92 Å². The van der Waals surface area contributed by atoms with E-state index in [9.17, 15) is 13.2 Å². The Bertz CT molecular complexity index is 882. The molecular weight excluding hydrogens is 345 g/mol. The molecule has 0 fully saturated rings. The molecule has 8 heteroatoms. The Balaban J connectivity index is 1.39. The van der Waals surface area contributed by atoms with Gasteiger partial charge in [-0.25, -0.2) is 9.97 Å². The highest BCUT2D eigenvalue weighted by Gasteiger charge is 2.35. The van der Waals surface area contributed by atoms with E-state index >= 15 is 0 Å². The molecule has 2 aromatic heterocycles. The minimum Gasteiger partial charge on any atom is -0.439 e. The molecule has 3 heterocycles. The molecule has 0 aliphatic carbocycles. The van der Waals surface area contributed by atoms with Crippen molar-refractivity contribution in [3.05, 3.63) is 47.9 Å². The Morgan fingerprint density at radius 2 is 2.08 bits per heavy atom. The maximum Gasteiger partial charge on any atom is 0.434 e. The van der Waals surface area contributed by atoms with E-state index in [1.165, 1.54) is 0 Å². The summed E-state index contributed by atoms with van der Waals surface area (Å²) in [5.41, 5.74) is 0.792. The van der Waals surface area contributed by atoms with Gasteiger partial charge in [-0.05, 0) is 31.5 Å². The fourth-order valence-corrected chi connectivity index (χ4v) is 3.52. The molecule has 1 atom stereocenters. The summed E-state index contributed by atoms with van der Waals surface area (Å²) >= 11 is 0. The van der Waals surface area contributed by atoms with Crippen molar-refractivity contribution in [2.45, 2.75) is 32.1 Å². The van der Waals surface area contributed by atoms with Crippen molar-refractivity contribution in [2.24, 2.45) is 5.92 Å². The number of para-hydroxylation sites is 2. The smallest absolute Gasteiger partial charge is 0.434 e. The Morgan fingerprint density at radius 3 is 2.85 bits per heavy atom. The molecule has 0 saturated heterocycles. The zero-order valence-electron chi connectivity index (χ0n) is 14.3. The van der Waals surface area contributed by atoms with Gasteiger partial charge in [-0.1, -0.05) is 12.1 Å². The molecule has 4 rings (SSSR count). The van der Waals surface area contributed by atoms with Crippen LogP contribution in [-0.2, 0) is 25.7 Å². The lowest BCUT2D eigenvalue weighted by Crippen LogP contribution is -2.31. The van der Waals surface area contributed by atoms with E-state index in [0.717, 1.165) is 30.3 Å². The zero-order valence-corrected chi connectivity index (χ0v) is 14.3. The standard InChI is InChI=1S/C18H19F3N4O/c1-24(11-17-22-13-4-2-3-5-14(13)26-17)8-12-6-7-16-23-15(18(19,20)21)10-25(16)9-12/h2-5,10,12H,6-9,11H2,1H3/t12-/m1/s1. The van der Waals surface area contributed by atoms with E-state index in [0.29, 0.717) is 31.2 Å².